The third kappa shape index (κ3) is 2.60. The third-order valence-corrected chi connectivity index (χ3v) is 3.45. The molecule has 0 N–H and O–H groups in total. The van der Waals surface area contributed by atoms with Gasteiger partial charge in [-0.2, -0.15) is 0 Å². The molecule has 0 unspecified atom stereocenters. The molecule has 0 aliphatic rings. The van der Waals surface area contributed by atoms with E-state index in [4.69, 9.17) is 0 Å². The van der Waals surface area contributed by atoms with Crippen LogP contribution in [0.3, 0.4) is 0 Å². The van der Waals surface area contributed by atoms with E-state index < -0.39 is 0 Å². The molecular formula is C9H11I. The Morgan fingerprint density at radius 1 is 1.10 bits per heavy atom. The van der Waals surface area contributed by atoms with E-state index in [9.17, 15) is 0 Å². The van der Waals surface area contributed by atoms with Crippen LogP contribution in [0.25, 0.3) is 0 Å². The Hall–Kier alpha value is -0.180. The fourth-order valence-corrected chi connectivity index (χ4v) is 2.72. The summed E-state index contributed by atoms with van der Waals surface area (Å²) < 4.78 is 3.09. The van der Waals surface area contributed by atoms with Crippen molar-refractivity contribution in [2.75, 3.05) is 0 Å². The summed E-state index contributed by atoms with van der Waals surface area (Å²) in [5.41, 5.74) is 0. The van der Waals surface area contributed by atoms with E-state index in [1.165, 1.54) is 3.57 Å². The topological polar surface area (TPSA) is 0 Å². The van der Waals surface area contributed by atoms with Crippen LogP contribution in [0, 0.1) is 3.57 Å². The van der Waals surface area contributed by atoms with Gasteiger partial charge in [0.1, 0.15) is 0 Å². The van der Waals surface area contributed by atoms with Gasteiger partial charge < -0.3 is 0 Å². The SMILES string of the molecule is CC(C)=Ic1ccccc1. The Morgan fingerprint density at radius 2 is 1.70 bits per heavy atom. The first-order chi connectivity index (χ1) is 4.79. The largest absolute Gasteiger partial charge is 0.0871 e. The van der Waals surface area contributed by atoms with Gasteiger partial charge in [0.25, 0.3) is 0 Å². The lowest BCUT2D eigenvalue weighted by Gasteiger charge is -1.90. The van der Waals surface area contributed by atoms with Gasteiger partial charge in [0, 0.05) is 3.57 Å². The highest BCUT2D eigenvalue weighted by Crippen LogP contribution is 2.11. The second-order valence-electron chi connectivity index (χ2n) is 2.27. The van der Waals surface area contributed by atoms with Gasteiger partial charge in [-0.25, -0.2) is 0 Å². The van der Waals surface area contributed by atoms with Crippen LogP contribution in [-0.4, -0.2) is 3.51 Å². The van der Waals surface area contributed by atoms with Crippen molar-refractivity contribution in [3.8, 4) is 0 Å². The zero-order valence-corrected chi connectivity index (χ0v) is 8.42. The molecule has 0 radical (unpaired) electrons. The highest BCUT2D eigenvalue weighted by Gasteiger charge is 1.83. The Kier molecular flexibility index (Phi) is 3.06. The van der Waals surface area contributed by atoms with Crippen molar-refractivity contribution < 1.29 is 0 Å². The van der Waals surface area contributed by atoms with Crippen LogP contribution < -0.4 is 0 Å². The number of rotatable bonds is 1. The second-order valence-corrected chi connectivity index (χ2v) is 6.21. The number of hydrogen-bond donors (Lipinski definition) is 0. The van der Waals surface area contributed by atoms with Crippen LogP contribution in [0.1, 0.15) is 13.8 Å². The van der Waals surface area contributed by atoms with E-state index in [1.807, 2.05) is 0 Å². The minimum absolute atomic E-state index is 0.184. The molecule has 1 aromatic carbocycles. The van der Waals surface area contributed by atoms with Crippen molar-refractivity contribution in [1.29, 1.82) is 0 Å². The zero-order valence-electron chi connectivity index (χ0n) is 6.26. The van der Waals surface area contributed by atoms with E-state index in [2.05, 4.69) is 44.2 Å². The lowest BCUT2D eigenvalue weighted by atomic mass is 10.4. The zero-order chi connectivity index (χ0) is 7.40. The Labute approximate surface area is 72.0 Å². The minimum Gasteiger partial charge on any atom is -0.0871 e. The first kappa shape index (κ1) is 7.92. The smallest absolute Gasteiger partial charge is 0.00763 e. The first-order valence-corrected chi connectivity index (χ1v) is 5.45. The summed E-state index contributed by atoms with van der Waals surface area (Å²) in [4.78, 5) is 0. The molecule has 1 rings (SSSR count). The van der Waals surface area contributed by atoms with Gasteiger partial charge >= 0.3 is 0 Å². The summed E-state index contributed by atoms with van der Waals surface area (Å²) in [5, 5.41) is 0. The van der Waals surface area contributed by atoms with Crippen molar-refractivity contribution in [1.82, 2.24) is 0 Å². The Bertz CT molecular complexity index is 220. The number of benzene rings is 1. The van der Waals surface area contributed by atoms with Crippen LogP contribution in [0.2, 0.25) is 0 Å². The van der Waals surface area contributed by atoms with E-state index in [1.54, 1.807) is 3.51 Å². The van der Waals surface area contributed by atoms with Gasteiger partial charge in [0.05, 0.1) is 0 Å². The van der Waals surface area contributed by atoms with Crippen molar-refractivity contribution >= 4 is 24.2 Å². The predicted molar refractivity (Wildman–Crippen MR) is 55.5 cm³/mol. The summed E-state index contributed by atoms with van der Waals surface area (Å²) in [5.74, 6) is 0. The predicted octanol–water partition coefficient (Wildman–Crippen LogP) is 3.04. The maximum Gasteiger partial charge on any atom is 0.00763 e. The fraction of sp³-hybridized carbons (Fsp3) is 0.222. The fourth-order valence-electron chi connectivity index (χ4n) is 0.696. The van der Waals surface area contributed by atoms with Gasteiger partial charge in [-0.05, 0) is 29.5 Å². The molecule has 54 valence electrons. The van der Waals surface area contributed by atoms with E-state index in [0.717, 1.165) is 0 Å². The summed E-state index contributed by atoms with van der Waals surface area (Å²) in [6, 6.07) is 10.7. The van der Waals surface area contributed by atoms with E-state index in [0.29, 0.717) is 0 Å². The third-order valence-electron chi connectivity index (χ3n) is 1.03. The van der Waals surface area contributed by atoms with Gasteiger partial charge in [-0.15, -0.1) is 0 Å². The van der Waals surface area contributed by atoms with Crippen molar-refractivity contribution in [3.05, 3.63) is 33.9 Å². The van der Waals surface area contributed by atoms with Gasteiger partial charge in [-0.3, -0.25) is 0 Å². The normalized spacial score (nSPS) is 9.40. The summed E-state index contributed by atoms with van der Waals surface area (Å²) in [6.07, 6.45) is 0. The lowest BCUT2D eigenvalue weighted by Crippen LogP contribution is -1.74. The molecule has 0 nitrogen and oxygen atoms in total. The summed E-state index contributed by atoms with van der Waals surface area (Å²) in [7, 11) is 0. The molecular weight excluding hydrogens is 235 g/mol. The Morgan fingerprint density at radius 3 is 2.20 bits per heavy atom. The van der Waals surface area contributed by atoms with Crippen LogP contribution in [0.4, 0.5) is 0 Å². The second kappa shape index (κ2) is 3.86. The van der Waals surface area contributed by atoms with E-state index >= 15 is 0 Å². The van der Waals surface area contributed by atoms with Crippen LogP contribution in [0.5, 0.6) is 0 Å². The van der Waals surface area contributed by atoms with Crippen LogP contribution in [0.15, 0.2) is 30.3 Å². The summed E-state index contributed by atoms with van der Waals surface area (Å²) in [6.45, 7) is 4.42. The maximum absolute atomic E-state index is 2.21. The standard InChI is InChI=1S/C9H11I/c1-8(2)10-9-6-4-3-5-7-9/h3-7H,1-2H3. The van der Waals surface area contributed by atoms with Gasteiger partial charge in [-0.1, -0.05) is 38.9 Å². The molecule has 0 heterocycles. The quantitative estimate of drug-likeness (QED) is 0.668. The molecule has 0 aliphatic carbocycles. The first-order valence-electron chi connectivity index (χ1n) is 3.29. The molecule has 0 atom stereocenters. The van der Waals surface area contributed by atoms with Gasteiger partial charge in [0.2, 0.25) is 0 Å². The molecule has 0 aromatic heterocycles. The van der Waals surface area contributed by atoms with Crippen molar-refractivity contribution in [3.63, 3.8) is 0 Å². The van der Waals surface area contributed by atoms with Crippen LogP contribution >= 0.6 is 20.7 Å². The molecule has 10 heavy (non-hydrogen) atoms. The molecule has 1 heteroatoms. The molecule has 0 fully saturated rings. The van der Waals surface area contributed by atoms with Gasteiger partial charge in [0.15, 0.2) is 0 Å². The molecule has 0 saturated carbocycles. The van der Waals surface area contributed by atoms with Crippen LogP contribution in [-0.2, 0) is 0 Å². The number of hydrogen-bond acceptors (Lipinski definition) is 0. The molecule has 0 bridgehead atoms. The lowest BCUT2D eigenvalue weighted by molar-refractivity contribution is 1.65. The highest BCUT2D eigenvalue weighted by molar-refractivity contribution is 14.2. The molecule has 0 aliphatic heterocycles. The van der Waals surface area contributed by atoms with E-state index in [-0.39, 0.29) is 20.7 Å². The molecule has 0 amide bonds. The van der Waals surface area contributed by atoms with Crippen molar-refractivity contribution in [2.24, 2.45) is 0 Å². The summed E-state index contributed by atoms with van der Waals surface area (Å²) >= 11 is 0.184. The maximum atomic E-state index is 2.21. The molecule has 1 aromatic rings. The molecule has 0 saturated heterocycles. The monoisotopic (exact) mass is 246 g/mol. The highest BCUT2D eigenvalue weighted by atomic mass is 127. The molecule has 0 spiro atoms. The van der Waals surface area contributed by atoms with Crippen molar-refractivity contribution in [2.45, 2.75) is 13.8 Å². The Balaban J connectivity index is 2.87. The minimum atomic E-state index is 0.184. The average molecular weight is 246 g/mol. The number of halogens is 1. The average Bonchev–Trinajstić information content (AvgIpc) is 1.88.